The highest BCUT2D eigenvalue weighted by molar-refractivity contribution is 7.99. The van der Waals surface area contributed by atoms with Crippen LogP contribution in [-0.4, -0.2) is 15.7 Å². The summed E-state index contributed by atoms with van der Waals surface area (Å²) in [4.78, 5) is 11.1. The van der Waals surface area contributed by atoms with Crippen molar-refractivity contribution in [2.45, 2.75) is 31.8 Å². The van der Waals surface area contributed by atoms with Gasteiger partial charge in [0.2, 0.25) is 0 Å². The van der Waals surface area contributed by atoms with Gasteiger partial charge >= 0.3 is 0 Å². The van der Waals surface area contributed by atoms with Crippen LogP contribution in [0.2, 0.25) is 5.15 Å². The predicted molar refractivity (Wildman–Crippen MR) is 72.9 cm³/mol. The Kier molecular flexibility index (Phi) is 3.72. The molecule has 0 saturated heterocycles. The normalized spacial score (nSPS) is 11.6. The summed E-state index contributed by atoms with van der Waals surface area (Å²) >= 11 is 9.49. The average Bonchev–Trinajstić information content (AvgIpc) is 2.62. The van der Waals surface area contributed by atoms with Gasteiger partial charge in [0.05, 0.1) is 0 Å². The number of thioether (sulfide) groups is 1. The van der Waals surface area contributed by atoms with Gasteiger partial charge in [-0.25, -0.2) is 9.97 Å². The maximum absolute atomic E-state index is 6.16. The lowest BCUT2D eigenvalue weighted by Crippen LogP contribution is -1.86. The Bertz CT molecular complexity index is 508. The number of hydrogen-bond donors (Lipinski definition) is 0. The van der Waals surface area contributed by atoms with Crippen LogP contribution in [0.25, 0.3) is 10.2 Å². The highest BCUT2D eigenvalue weighted by Crippen LogP contribution is 2.33. The van der Waals surface area contributed by atoms with Crippen LogP contribution in [-0.2, 0) is 0 Å². The topological polar surface area (TPSA) is 25.8 Å². The molecule has 0 unspecified atom stereocenters. The summed E-state index contributed by atoms with van der Waals surface area (Å²) in [5.74, 6) is 1.47. The van der Waals surface area contributed by atoms with E-state index in [9.17, 15) is 0 Å². The molecule has 0 aromatic carbocycles. The molecule has 0 fully saturated rings. The quantitative estimate of drug-likeness (QED) is 0.465. The van der Waals surface area contributed by atoms with Crippen LogP contribution < -0.4 is 0 Å². The van der Waals surface area contributed by atoms with Crippen molar-refractivity contribution in [2.24, 2.45) is 0 Å². The first-order valence-corrected chi connectivity index (χ1v) is 7.39. The third-order valence-electron chi connectivity index (χ3n) is 2.19. The van der Waals surface area contributed by atoms with Gasteiger partial charge in [0, 0.05) is 10.3 Å². The van der Waals surface area contributed by atoms with Crippen LogP contribution in [0, 0.1) is 0 Å². The largest absolute Gasteiger partial charge is 0.211 e. The molecule has 0 bridgehead atoms. The molecule has 0 N–H and O–H groups in total. The van der Waals surface area contributed by atoms with Crippen molar-refractivity contribution in [1.29, 1.82) is 0 Å². The second-order valence-electron chi connectivity index (χ2n) is 3.75. The van der Waals surface area contributed by atoms with Crippen molar-refractivity contribution in [1.82, 2.24) is 9.97 Å². The van der Waals surface area contributed by atoms with Gasteiger partial charge in [0.25, 0.3) is 0 Å². The fourth-order valence-corrected chi connectivity index (χ4v) is 3.36. The van der Waals surface area contributed by atoms with Crippen LogP contribution in [0.15, 0.2) is 11.2 Å². The Labute approximate surface area is 108 Å². The first-order valence-electron chi connectivity index (χ1n) is 5.21. The number of fused-ring (bicyclic) bond motifs is 1. The summed E-state index contributed by atoms with van der Waals surface area (Å²) in [5, 5.41) is 2.33. The molecule has 0 aliphatic heterocycles. The molecule has 2 heterocycles. The molecule has 0 aliphatic rings. The summed E-state index contributed by atoms with van der Waals surface area (Å²) in [5.41, 5.74) is 0. The van der Waals surface area contributed by atoms with Gasteiger partial charge in [-0.05, 0) is 17.7 Å². The van der Waals surface area contributed by atoms with Crippen LogP contribution in [0.4, 0.5) is 0 Å². The number of rotatable bonds is 3. The minimum atomic E-state index is 0.512. The van der Waals surface area contributed by atoms with E-state index in [0.29, 0.717) is 11.1 Å². The maximum Gasteiger partial charge on any atom is 0.190 e. The number of hydrogen-bond acceptors (Lipinski definition) is 4. The molecule has 16 heavy (non-hydrogen) atoms. The van der Waals surface area contributed by atoms with Crippen molar-refractivity contribution < 1.29 is 0 Å². The Hall–Kier alpha value is -0.320. The Morgan fingerprint density at radius 3 is 2.81 bits per heavy atom. The van der Waals surface area contributed by atoms with Crippen molar-refractivity contribution >= 4 is 44.9 Å². The van der Waals surface area contributed by atoms with E-state index in [1.165, 1.54) is 4.88 Å². The van der Waals surface area contributed by atoms with Crippen molar-refractivity contribution in [2.75, 3.05) is 5.75 Å². The van der Waals surface area contributed by atoms with E-state index in [2.05, 4.69) is 36.8 Å². The summed E-state index contributed by atoms with van der Waals surface area (Å²) in [7, 11) is 0. The minimum Gasteiger partial charge on any atom is -0.211 e. The third kappa shape index (κ3) is 2.34. The van der Waals surface area contributed by atoms with Gasteiger partial charge in [0.15, 0.2) is 5.16 Å². The van der Waals surface area contributed by atoms with E-state index < -0.39 is 0 Å². The van der Waals surface area contributed by atoms with Gasteiger partial charge < -0.3 is 0 Å². The van der Waals surface area contributed by atoms with E-state index in [0.717, 1.165) is 21.1 Å². The second kappa shape index (κ2) is 4.90. The van der Waals surface area contributed by atoms with Gasteiger partial charge in [-0.3, -0.25) is 0 Å². The molecule has 0 aliphatic carbocycles. The predicted octanol–water partition coefficient (Wildman–Crippen LogP) is 4.58. The zero-order chi connectivity index (χ0) is 11.7. The van der Waals surface area contributed by atoms with Crippen LogP contribution in [0.5, 0.6) is 0 Å². The average molecular weight is 273 g/mol. The molecule has 86 valence electrons. The molecular weight excluding hydrogens is 260 g/mol. The zero-order valence-corrected chi connectivity index (χ0v) is 11.8. The number of halogens is 1. The summed E-state index contributed by atoms with van der Waals surface area (Å²) in [6.07, 6.45) is 0. The van der Waals surface area contributed by atoms with Crippen LogP contribution >= 0.6 is 34.7 Å². The van der Waals surface area contributed by atoms with Gasteiger partial charge in [0.1, 0.15) is 9.98 Å². The third-order valence-corrected chi connectivity index (χ3v) is 4.53. The highest BCUT2D eigenvalue weighted by atomic mass is 35.5. The number of aromatic nitrogens is 2. The first-order chi connectivity index (χ1) is 7.61. The monoisotopic (exact) mass is 272 g/mol. The lowest BCUT2D eigenvalue weighted by atomic mass is 10.2. The van der Waals surface area contributed by atoms with Crippen LogP contribution in [0.1, 0.15) is 31.6 Å². The molecule has 2 nitrogen and oxygen atoms in total. The Morgan fingerprint density at radius 1 is 1.44 bits per heavy atom. The molecule has 2 rings (SSSR count). The van der Waals surface area contributed by atoms with Crippen molar-refractivity contribution in [3.8, 4) is 0 Å². The second-order valence-corrected chi connectivity index (χ2v) is 6.40. The first kappa shape index (κ1) is 12.1. The molecule has 0 amide bonds. The Balaban J connectivity index is 2.54. The summed E-state index contributed by atoms with van der Waals surface area (Å²) < 4.78 is 0. The molecule has 2 aromatic heterocycles. The van der Waals surface area contributed by atoms with Gasteiger partial charge in [-0.2, -0.15) is 0 Å². The number of thiophene rings is 1. The molecule has 0 atom stereocenters. The molecule has 0 spiro atoms. The number of nitrogens with zero attached hydrogens (tertiary/aromatic N) is 2. The maximum atomic E-state index is 6.16. The van der Waals surface area contributed by atoms with Gasteiger partial charge in [-0.15, -0.1) is 11.3 Å². The fraction of sp³-hybridized carbons (Fsp3) is 0.455. The molecule has 0 saturated carbocycles. The van der Waals surface area contributed by atoms with E-state index in [-0.39, 0.29) is 0 Å². The Morgan fingerprint density at radius 2 is 2.19 bits per heavy atom. The van der Waals surface area contributed by atoms with E-state index >= 15 is 0 Å². The van der Waals surface area contributed by atoms with E-state index in [1.54, 1.807) is 23.1 Å². The minimum absolute atomic E-state index is 0.512. The molecule has 2 aromatic rings. The zero-order valence-electron chi connectivity index (χ0n) is 9.45. The molecule has 5 heteroatoms. The highest BCUT2D eigenvalue weighted by Gasteiger charge is 2.11. The van der Waals surface area contributed by atoms with Crippen molar-refractivity contribution in [3.63, 3.8) is 0 Å². The molecule has 0 radical (unpaired) electrons. The molecular formula is C11H13ClN2S2. The smallest absolute Gasteiger partial charge is 0.190 e. The van der Waals surface area contributed by atoms with Crippen molar-refractivity contribution in [3.05, 3.63) is 16.1 Å². The fourth-order valence-electron chi connectivity index (χ4n) is 1.37. The van der Waals surface area contributed by atoms with Crippen LogP contribution in [0.3, 0.4) is 0 Å². The lowest BCUT2D eigenvalue weighted by Gasteiger charge is -1.97. The van der Waals surface area contributed by atoms with E-state index in [1.807, 2.05) is 0 Å². The van der Waals surface area contributed by atoms with Gasteiger partial charge in [-0.1, -0.05) is 44.1 Å². The van der Waals surface area contributed by atoms with E-state index in [4.69, 9.17) is 11.6 Å². The standard InChI is InChI=1S/C11H13ClN2S2/c1-4-15-11-13-9(12)7-5-8(6(2)3)16-10(7)14-11/h5-6H,4H2,1-3H3. The SMILES string of the molecule is CCSc1nc(Cl)c2cc(C(C)C)sc2n1. The lowest BCUT2D eigenvalue weighted by molar-refractivity contribution is 0.890. The summed E-state index contributed by atoms with van der Waals surface area (Å²) in [6, 6.07) is 2.10. The summed E-state index contributed by atoms with van der Waals surface area (Å²) in [6.45, 7) is 6.43.